The summed E-state index contributed by atoms with van der Waals surface area (Å²) >= 11 is 0. The van der Waals surface area contributed by atoms with E-state index in [2.05, 4.69) is 21.4 Å². The summed E-state index contributed by atoms with van der Waals surface area (Å²) in [5, 5.41) is 0.495. The molecular weight excluding hydrogens is 587 g/mol. The molecule has 2 aliphatic rings. The number of fused-ring (bicyclic) bond motifs is 6. The number of hydrogen-bond acceptors (Lipinski definition) is 7. The van der Waals surface area contributed by atoms with Gasteiger partial charge in [-0.1, -0.05) is 26.5 Å². The summed E-state index contributed by atoms with van der Waals surface area (Å²) in [5.41, 5.74) is 5.06. The van der Waals surface area contributed by atoms with Crippen molar-refractivity contribution in [3.05, 3.63) is 92.2 Å². The molecule has 1 amide bonds. The third kappa shape index (κ3) is 4.39. The molecule has 0 radical (unpaired) electrons. The molecule has 7 rings (SSSR count). The van der Waals surface area contributed by atoms with Crippen molar-refractivity contribution in [3.8, 4) is 16.9 Å². The topological polar surface area (TPSA) is 117 Å². The van der Waals surface area contributed by atoms with E-state index in [0.29, 0.717) is 64.9 Å². The molecule has 1 N–H and O–H groups in total. The number of oxazole rings is 1. The SMILES string of the molecule is C=CC(=O)N1CC2CCc3c(c4cc(F)c(-c5c(C)ccc6[nH]c(=O)oc56)nc4n(-c4c(C)ccnc4C(C)C)c3=O)N2CC1C. The first-order valence-corrected chi connectivity index (χ1v) is 15.6. The number of hydrogen-bond donors (Lipinski definition) is 1. The Morgan fingerprint density at radius 1 is 1.15 bits per heavy atom. The average molecular weight is 623 g/mol. The van der Waals surface area contributed by atoms with E-state index in [-0.39, 0.29) is 46.4 Å². The molecule has 2 aliphatic heterocycles. The van der Waals surface area contributed by atoms with Gasteiger partial charge >= 0.3 is 5.76 Å². The van der Waals surface area contributed by atoms with Crippen LogP contribution >= 0.6 is 0 Å². The minimum Gasteiger partial charge on any atom is -0.407 e. The number of anilines is 1. The van der Waals surface area contributed by atoms with Gasteiger partial charge in [-0.05, 0) is 74.9 Å². The van der Waals surface area contributed by atoms with Gasteiger partial charge in [-0.25, -0.2) is 14.2 Å². The molecule has 0 aliphatic carbocycles. The van der Waals surface area contributed by atoms with Gasteiger partial charge in [0.05, 0.1) is 28.1 Å². The minimum absolute atomic E-state index is 0.0152. The highest BCUT2D eigenvalue weighted by molar-refractivity contribution is 5.98. The Kier molecular flexibility index (Phi) is 6.95. The van der Waals surface area contributed by atoms with Crippen LogP contribution in [0, 0.1) is 19.7 Å². The number of pyridine rings is 3. The summed E-state index contributed by atoms with van der Waals surface area (Å²) in [7, 11) is 0. The van der Waals surface area contributed by atoms with Gasteiger partial charge < -0.3 is 14.2 Å². The summed E-state index contributed by atoms with van der Waals surface area (Å²) < 4.78 is 23.6. The monoisotopic (exact) mass is 622 g/mol. The van der Waals surface area contributed by atoms with Crippen LogP contribution in [0.1, 0.15) is 55.5 Å². The van der Waals surface area contributed by atoms with Crippen molar-refractivity contribution in [2.45, 2.75) is 65.5 Å². The third-order valence-corrected chi connectivity index (χ3v) is 9.44. The molecule has 1 aromatic carbocycles. The molecule has 0 bridgehead atoms. The molecule has 4 aromatic heterocycles. The number of piperazine rings is 1. The number of benzene rings is 1. The van der Waals surface area contributed by atoms with Crippen LogP contribution in [-0.4, -0.2) is 55.5 Å². The number of rotatable bonds is 4. The van der Waals surface area contributed by atoms with Gasteiger partial charge in [0.25, 0.3) is 5.56 Å². The van der Waals surface area contributed by atoms with Gasteiger partial charge in [0.1, 0.15) is 17.2 Å². The van der Waals surface area contributed by atoms with E-state index < -0.39 is 11.6 Å². The highest BCUT2D eigenvalue weighted by Gasteiger charge is 2.39. The molecular formula is C35H35FN6O4. The number of aromatic nitrogens is 4. The van der Waals surface area contributed by atoms with Crippen LogP contribution in [0.3, 0.4) is 0 Å². The first-order chi connectivity index (χ1) is 22.0. The molecule has 236 valence electrons. The third-order valence-electron chi connectivity index (χ3n) is 9.44. The van der Waals surface area contributed by atoms with Crippen molar-refractivity contribution >= 4 is 33.7 Å². The number of aromatic amines is 1. The lowest BCUT2D eigenvalue weighted by atomic mass is 9.91. The zero-order valence-electron chi connectivity index (χ0n) is 26.5. The zero-order chi connectivity index (χ0) is 32.6. The lowest BCUT2D eigenvalue weighted by Crippen LogP contribution is -2.60. The molecule has 6 heterocycles. The fourth-order valence-electron chi connectivity index (χ4n) is 7.24. The lowest BCUT2D eigenvalue weighted by Gasteiger charge is -2.49. The van der Waals surface area contributed by atoms with Gasteiger partial charge in [0.2, 0.25) is 5.91 Å². The molecule has 5 aromatic rings. The smallest absolute Gasteiger partial charge is 0.407 e. The number of halogens is 1. The molecule has 2 atom stereocenters. The van der Waals surface area contributed by atoms with Crippen molar-refractivity contribution in [2.24, 2.45) is 0 Å². The van der Waals surface area contributed by atoms with Crippen molar-refractivity contribution in [1.29, 1.82) is 0 Å². The van der Waals surface area contributed by atoms with E-state index >= 15 is 4.39 Å². The summed E-state index contributed by atoms with van der Waals surface area (Å²) in [4.78, 5) is 55.8. The second kappa shape index (κ2) is 10.8. The molecule has 11 heteroatoms. The van der Waals surface area contributed by atoms with Crippen LogP contribution < -0.4 is 16.2 Å². The van der Waals surface area contributed by atoms with Crippen LogP contribution in [0.2, 0.25) is 0 Å². The number of nitrogens with one attached hydrogen (secondary N) is 1. The number of nitrogens with zero attached hydrogens (tertiary/aromatic N) is 5. The fourth-order valence-corrected chi connectivity index (χ4v) is 7.24. The summed E-state index contributed by atoms with van der Waals surface area (Å²) in [5.74, 6) is -1.42. The number of carbonyl (C=O) groups excluding carboxylic acids is 1. The van der Waals surface area contributed by atoms with Crippen molar-refractivity contribution in [2.75, 3.05) is 18.0 Å². The second-order valence-corrected chi connectivity index (χ2v) is 12.7. The fraction of sp³-hybridized carbons (Fsp3) is 0.343. The summed E-state index contributed by atoms with van der Waals surface area (Å²) in [6, 6.07) is 6.56. The van der Waals surface area contributed by atoms with Crippen LogP contribution in [0.5, 0.6) is 0 Å². The Morgan fingerprint density at radius 2 is 1.93 bits per heavy atom. The standard InChI is InChI=1S/C35H35FN6O4/c1-7-26(43)40-16-21-9-10-22-31(41(21)15-20(40)6)23-14-24(36)29(27-18(4)8-11-25-32(27)46-35(45)38-25)39-33(23)42(34(22)44)30-19(5)12-13-37-28(30)17(2)3/h7-8,11-14,17,20-21H,1,9-10,15-16H2,2-6H3,(H,38,45). The highest BCUT2D eigenvalue weighted by atomic mass is 19.1. The maximum absolute atomic E-state index is 16.6. The van der Waals surface area contributed by atoms with Gasteiger partial charge in [-0.15, -0.1) is 0 Å². The van der Waals surface area contributed by atoms with E-state index in [0.717, 1.165) is 11.3 Å². The van der Waals surface area contributed by atoms with E-state index in [1.54, 1.807) is 29.8 Å². The van der Waals surface area contributed by atoms with Crippen LogP contribution in [0.25, 0.3) is 39.1 Å². The maximum atomic E-state index is 16.6. The Bertz CT molecular complexity index is 2210. The Balaban J connectivity index is 1.58. The first kappa shape index (κ1) is 29.6. The highest BCUT2D eigenvalue weighted by Crippen LogP contribution is 2.41. The van der Waals surface area contributed by atoms with Crippen molar-refractivity contribution in [1.82, 2.24) is 24.4 Å². The predicted octanol–water partition coefficient (Wildman–Crippen LogP) is 5.30. The van der Waals surface area contributed by atoms with E-state index in [9.17, 15) is 14.4 Å². The van der Waals surface area contributed by atoms with Crippen LogP contribution in [-0.2, 0) is 11.2 Å². The Labute approximate surface area is 264 Å². The largest absolute Gasteiger partial charge is 0.417 e. The summed E-state index contributed by atoms with van der Waals surface area (Å²) in [6.07, 6.45) is 4.18. The molecule has 1 saturated heterocycles. The van der Waals surface area contributed by atoms with E-state index in [1.165, 1.54) is 12.1 Å². The molecule has 46 heavy (non-hydrogen) atoms. The van der Waals surface area contributed by atoms with Gasteiger partial charge in [0.15, 0.2) is 5.58 Å². The van der Waals surface area contributed by atoms with Crippen molar-refractivity contribution < 1.29 is 13.6 Å². The Hall–Kier alpha value is -5.06. The van der Waals surface area contributed by atoms with E-state index in [4.69, 9.17) is 9.40 Å². The normalized spacial score (nSPS) is 17.9. The number of H-pyrrole nitrogens is 1. The quantitative estimate of drug-likeness (QED) is 0.271. The maximum Gasteiger partial charge on any atom is 0.417 e. The van der Waals surface area contributed by atoms with Crippen LogP contribution in [0.15, 0.2) is 57.1 Å². The second-order valence-electron chi connectivity index (χ2n) is 12.7. The first-order valence-electron chi connectivity index (χ1n) is 15.6. The number of aryl methyl sites for hydroxylation is 2. The number of carbonyl (C=O) groups is 1. The van der Waals surface area contributed by atoms with Crippen LogP contribution in [0.4, 0.5) is 10.1 Å². The van der Waals surface area contributed by atoms with E-state index in [1.807, 2.05) is 38.7 Å². The lowest BCUT2D eigenvalue weighted by molar-refractivity contribution is -0.129. The minimum atomic E-state index is -0.657. The zero-order valence-corrected chi connectivity index (χ0v) is 26.5. The van der Waals surface area contributed by atoms with Gasteiger partial charge in [0, 0.05) is 42.3 Å². The molecule has 2 unspecified atom stereocenters. The number of amides is 1. The predicted molar refractivity (Wildman–Crippen MR) is 175 cm³/mol. The molecule has 1 fully saturated rings. The van der Waals surface area contributed by atoms with Gasteiger partial charge in [-0.3, -0.25) is 24.1 Å². The molecule has 0 spiro atoms. The molecule has 10 nitrogen and oxygen atoms in total. The molecule has 0 saturated carbocycles. The van der Waals surface area contributed by atoms with Crippen molar-refractivity contribution in [3.63, 3.8) is 0 Å². The Morgan fingerprint density at radius 3 is 2.67 bits per heavy atom. The summed E-state index contributed by atoms with van der Waals surface area (Å²) in [6.45, 7) is 14.3. The van der Waals surface area contributed by atoms with Gasteiger partial charge in [-0.2, -0.15) is 0 Å². The average Bonchev–Trinajstić information content (AvgIpc) is 3.41.